The Balaban J connectivity index is 1.32. The van der Waals surface area contributed by atoms with Crippen LogP contribution in [0.2, 0.25) is 0 Å². The molecular formula is C22H28F2N6O. The largest absolute Gasteiger partial charge is 0.368 e. The van der Waals surface area contributed by atoms with Gasteiger partial charge < -0.3 is 15.1 Å². The lowest BCUT2D eigenvalue weighted by atomic mass is 9.86. The van der Waals surface area contributed by atoms with E-state index in [9.17, 15) is 13.6 Å². The number of urea groups is 1. The molecule has 4 heterocycles. The number of amides is 2. The first-order valence-electron chi connectivity index (χ1n) is 11.1. The van der Waals surface area contributed by atoms with Crippen LogP contribution in [0.15, 0.2) is 24.5 Å². The summed E-state index contributed by atoms with van der Waals surface area (Å²) in [7, 11) is 0. The number of nitrogens with one attached hydrogen (secondary N) is 1. The molecular weight excluding hydrogens is 402 g/mol. The van der Waals surface area contributed by atoms with Gasteiger partial charge in [0, 0.05) is 25.0 Å². The van der Waals surface area contributed by atoms with Crippen LogP contribution in [-0.2, 0) is 13.1 Å². The van der Waals surface area contributed by atoms with Crippen LogP contribution >= 0.6 is 0 Å². The molecule has 2 aromatic heterocycles. The number of alkyl halides is 2. The Hall–Kier alpha value is -2.71. The van der Waals surface area contributed by atoms with E-state index in [-0.39, 0.29) is 17.8 Å². The van der Waals surface area contributed by atoms with Gasteiger partial charge in [-0.1, -0.05) is 12.8 Å². The van der Waals surface area contributed by atoms with E-state index in [1.807, 2.05) is 17.8 Å². The van der Waals surface area contributed by atoms with E-state index in [4.69, 9.17) is 0 Å². The summed E-state index contributed by atoms with van der Waals surface area (Å²) in [5.41, 5.74) is 2.60. The maximum absolute atomic E-state index is 13.0. The number of fused-ring (bicyclic) bond motifs is 1. The molecule has 2 fully saturated rings. The van der Waals surface area contributed by atoms with Crippen LogP contribution in [-0.4, -0.2) is 44.8 Å². The van der Waals surface area contributed by atoms with E-state index in [0.29, 0.717) is 24.2 Å². The van der Waals surface area contributed by atoms with Crippen LogP contribution in [0.3, 0.4) is 0 Å². The number of halogens is 2. The minimum absolute atomic E-state index is 0.0589. The highest BCUT2D eigenvalue weighted by Crippen LogP contribution is 2.47. The summed E-state index contributed by atoms with van der Waals surface area (Å²) in [5, 5.41) is 7.36. The molecule has 1 saturated heterocycles. The van der Waals surface area contributed by atoms with Crippen molar-refractivity contribution in [3.05, 3.63) is 35.9 Å². The molecule has 0 radical (unpaired) electrons. The molecule has 0 bridgehead atoms. The van der Waals surface area contributed by atoms with E-state index in [1.165, 1.54) is 50.4 Å². The summed E-state index contributed by atoms with van der Waals surface area (Å²) in [6, 6.07) is 2.39. The number of carbonyl (C=O) groups excluding carboxylic acids is 1. The third-order valence-corrected chi connectivity index (χ3v) is 7.18. The Morgan fingerprint density at radius 1 is 1.29 bits per heavy atom. The average molecular weight is 431 g/mol. The number of pyridine rings is 1. The van der Waals surface area contributed by atoms with Crippen molar-refractivity contribution in [1.29, 1.82) is 0 Å². The van der Waals surface area contributed by atoms with Crippen molar-refractivity contribution in [2.45, 2.75) is 64.6 Å². The van der Waals surface area contributed by atoms with Gasteiger partial charge in [0.05, 0.1) is 36.7 Å². The molecule has 1 N–H and O–H groups in total. The maximum Gasteiger partial charge on any atom is 0.322 e. The summed E-state index contributed by atoms with van der Waals surface area (Å²) >= 11 is 0. The van der Waals surface area contributed by atoms with Crippen molar-refractivity contribution >= 4 is 17.4 Å². The normalized spacial score (nSPS) is 22.4. The number of carbonyl (C=O) groups is 1. The number of hydrogen-bond donors (Lipinski definition) is 1. The molecule has 1 aliphatic carbocycles. The summed E-state index contributed by atoms with van der Waals surface area (Å²) in [6.07, 6.45) is 7.06. The summed E-state index contributed by atoms with van der Waals surface area (Å²) in [4.78, 5) is 20.8. The SMILES string of the molecule is C[C@H]1Cn2ncc(N3CCC4(CCCC4)C3)c2CN1C(=O)Nc1ccnc(C(F)F)c1. The Morgan fingerprint density at radius 2 is 2.10 bits per heavy atom. The second-order valence-corrected chi connectivity index (χ2v) is 9.21. The van der Waals surface area contributed by atoms with Crippen molar-refractivity contribution in [1.82, 2.24) is 19.7 Å². The predicted octanol–water partition coefficient (Wildman–Crippen LogP) is 4.42. The zero-order valence-electron chi connectivity index (χ0n) is 17.7. The van der Waals surface area contributed by atoms with Gasteiger partial charge in [0.15, 0.2) is 0 Å². The maximum atomic E-state index is 13.0. The van der Waals surface area contributed by atoms with Gasteiger partial charge in [-0.3, -0.25) is 9.67 Å². The van der Waals surface area contributed by atoms with Crippen molar-refractivity contribution in [2.75, 3.05) is 23.3 Å². The van der Waals surface area contributed by atoms with Crippen LogP contribution < -0.4 is 10.2 Å². The molecule has 1 spiro atoms. The highest BCUT2D eigenvalue weighted by molar-refractivity contribution is 5.89. The first kappa shape index (κ1) is 20.2. The zero-order valence-corrected chi connectivity index (χ0v) is 17.7. The van der Waals surface area contributed by atoms with E-state index in [1.54, 1.807) is 4.90 Å². The highest BCUT2D eigenvalue weighted by atomic mass is 19.3. The Labute approximate surface area is 180 Å². The number of anilines is 2. The minimum Gasteiger partial charge on any atom is -0.368 e. The molecule has 9 heteroatoms. The summed E-state index contributed by atoms with van der Waals surface area (Å²) < 4.78 is 27.9. The smallest absolute Gasteiger partial charge is 0.322 e. The predicted molar refractivity (Wildman–Crippen MR) is 113 cm³/mol. The third kappa shape index (κ3) is 3.74. The first-order chi connectivity index (χ1) is 14.9. The Kier molecular flexibility index (Phi) is 5.06. The van der Waals surface area contributed by atoms with Gasteiger partial charge in [-0.05, 0) is 43.7 Å². The van der Waals surface area contributed by atoms with Gasteiger partial charge in [0.1, 0.15) is 5.69 Å². The standard InChI is InChI=1S/C22H28F2N6O/c1-15-12-30-19(18(11-26-30)28-9-7-22(14-28)5-2-3-6-22)13-29(15)21(31)27-16-4-8-25-17(10-16)20(23)24/h4,8,10-11,15,20H,2-3,5-7,9,12-14H2,1H3,(H,25,27,31)/t15-/m0/s1. The van der Waals surface area contributed by atoms with E-state index >= 15 is 0 Å². The van der Waals surface area contributed by atoms with Crippen LogP contribution in [0, 0.1) is 5.41 Å². The quantitative estimate of drug-likeness (QED) is 0.783. The number of rotatable bonds is 3. The van der Waals surface area contributed by atoms with Crippen molar-refractivity contribution in [3.8, 4) is 0 Å². The number of hydrogen-bond acceptors (Lipinski definition) is 4. The lowest BCUT2D eigenvalue weighted by Gasteiger charge is -2.35. The molecule has 7 nitrogen and oxygen atoms in total. The fourth-order valence-electron chi connectivity index (χ4n) is 5.44. The molecule has 2 aromatic rings. The fraction of sp³-hybridized carbons (Fsp3) is 0.591. The van der Waals surface area contributed by atoms with E-state index in [2.05, 4.69) is 20.3 Å². The monoisotopic (exact) mass is 430 g/mol. The van der Waals surface area contributed by atoms with Gasteiger partial charge >= 0.3 is 6.03 Å². The molecule has 0 unspecified atom stereocenters. The summed E-state index contributed by atoms with van der Waals surface area (Å²) in [5.74, 6) is 0. The van der Waals surface area contributed by atoms with Crippen LogP contribution in [0.1, 0.15) is 56.8 Å². The molecule has 166 valence electrons. The van der Waals surface area contributed by atoms with Crippen LogP contribution in [0.5, 0.6) is 0 Å². The third-order valence-electron chi connectivity index (χ3n) is 7.18. The molecule has 31 heavy (non-hydrogen) atoms. The first-order valence-corrected chi connectivity index (χ1v) is 11.1. The molecule has 3 aliphatic rings. The van der Waals surface area contributed by atoms with Crippen LogP contribution in [0.4, 0.5) is 25.0 Å². The van der Waals surface area contributed by atoms with Gasteiger partial charge in [0.25, 0.3) is 6.43 Å². The molecule has 1 saturated carbocycles. The Morgan fingerprint density at radius 3 is 2.87 bits per heavy atom. The Bertz CT molecular complexity index is 971. The average Bonchev–Trinajstić information content (AvgIpc) is 3.48. The molecule has 1 atom stereocenters. The van der Waals surface area contributed by atoms with E-state index < -0.39 is 6.43 Å². The van der Waals surface area contributed by atoms with Crippen molar-refractivity contribution < 1.29 is 13.6 Å². The van der Waals surface area contributed by atoms with Crippen molar-refractivity contribution in [2.24, 2.45) is 5.41 Å². The van der Waals surface area contributed by atoms with Gasteiger partial charge in [-0.25, -0.2) is 13.6 Å². The second-order valence-electron chi connectivity index (χ2n) is 9.21. The van der Waals surface area contributed by atoms with Gasteiger partial charge in [-0.15, -0.1) is 0 Å². The summed E-state index contributed by atoms with van der Waals surface area (Å²) in [6.45, 7) is 5.14. The number of aromatic nitrogens is 3. The minimum atomic E-state index is -2.67. The second kappa shape index (κ2) is 7.76. The number of nitrogens with zero attached hydrogens (tertiary/aromatic N) is 5. The lowest BCUT2D eigenvalue weighted by Crippen LogP contribution is -2.47. The molecule has 5 rings (SSSR count). The molecule has 2 amide bonds. The van der Waals surface area contributed by atoms with Gasteiger partial charge in [-0.2, -0.15) is 5.10 Å². The van der Waals surface area contributed by atoms with Crippen LogP contribution in [0.25, 0.3) is 0 Å². The molecule has 0 aromatic carbocycles. The molecule has 2 aliphatic heterocycles. The lowest BCUT2D eigenvalue weighted by molar-refractivity contribution is 0.146. The zero-order chi connectivity index (χ0) is 21.6. The fourth-order valence-corrected chi connectivity index (χ4v) is 5.44. The highest BCUT2D eigenvalue weighted by Gasteiger charge is 2.42. The van der Waals surface area contributed by atoms with Gasteiger partial charge in [0.2, 0.25) is 0 Å². The van der Waals surface area contributed by atoms with E-state index in [0.717, 1.165) is 24.5 Å². The topological polar surface area (TPSA) is 66.3 Å². The van der Waals surface area contributed by atoms with Crippen molar-refractivity contribution in [3.63, 3.8) is 0 Å².